The molecule has 0 amide bonds. The summed E-state index contributed by atoms with van der Waals surface area (Å²) in [6.07, 6.45) is 1.18. The Morgan fingerprint density at radius 2 is 1.84 bits per heavy atom. The summed E-state index contributed by atoms with van der Waals surface area (Å²) in [5, 5.41) is 3.41. The van der Waals surface area contributed by atoms with E-state index in [0.29, 0.717) is 0 Å². The van der Waals surface area contributed by atoms with Crippen LogP contribution in [-0.4, -0.2) is 6.54 Å². The molecule has 0 saturated carbocycles. The molecule has 0 unspecified atom stereocenters. The molecule has 100 valence electrons. The molecule has 0 aliphatic carbocycles. The summed E-state index contributed by atoms with van der Waals surface area (Å²) in [6, 6.07) is 17.2. The third-order valence-corrected chi connectivity index (χ3v) is 4.20. The summed E-state index contributed by atoms with van der Waals surface area (Å²) in [6.45, 7) is 4.22. The highest BCUT2D eigenvalue weighted by molar-refractivity contribution is 9.10. The number of halogens is 1. The first-order valence-electron chi connectivity index (χ1n) is 6.51. The fourth-order valence-electron chi connectivity index (χ4n) is 1.75. The number of hydrogen-bond donors (Lipinski definition) is 1. The van der Waals surface area contributed by atoms with Crippen LogP contribution in [0.3, 0.4) is 0 Å². The van der Waals surface area contributed by atoms with E-state index in [1.165, 1.54) is 21.8 Å². The summed E-state index contributed by atoms with van der Waals surface area (Å²) in [5.74, 6) is 0. The number of hydrogen-bond acceptors (Lipinski definition) is 2. The van der Waals surface area contributed by atoms with Crippen LogP contribution in [0.4, 0.5) is 0 Å². The molecular formula is C16H18BrNS. The zero-order valence-corrected chi connectivity index (χ0v) is 13.4. The van der Waals surface area contributed by atoms with Gasteiger partial charge in [-0.3, -0.25) is 0 Å². The Labute approximate surface area is 127 Å². The molecule has 1 nitrogen and oxygen atoms in total. The maximum absolute atomic E-state index is 3.50. The second-order valence-corrected chi connectivity index (χ2v) is 6.44. The van der Waals surface area contributed by atoms with Crippen LogP contribution in [0, 0.1) is 0 Å². The molecule has 2 rings (SSSR count). The quantitative estimate of drug-likeness (QED) is 0.737. The van der Waals surface area contributed by atoms with E-state index >= 15 is 0 Å². The maximum Gasteiger partial charge on any atom is 0.0205 e. The molecule has 0 radical (unpaired) electrons. The molecule has 0 aliphatic rings. The lowest BCUT2D eigenvalue weighted by Crippen LogP contribution is -2.13. The molecule has 2 aromatic rings. The Bertz CT molecular complexity index is 510. The zero-order chi connectivity index (χ0) is 13.5. The van der Waals surface area contributed by atoms with Gasteiger partial charge in [-0.05, 0) is 48.9 Å². The van der Waals surface area contributed by atoms with E-state index in [1.54, 1.807) is 11.8 Å². The summed E-state index contributed by atoms with van der Waals surface area (Å²) in [5.41, 5.74) is 1.34. The molecule has 0 bridgehead atoms. The topological polar surface area (TPSA) is 12.0 Å². The predicted molar refractivity (Wildman–Crippen MR) is 86.7 cm³/mol. The van der Waals surface area contributed by atoms with Crippen LogP contribution in [0.25, 0.3) is 0 Å². The molecule has 19 heavy (non-hydrogen) atoms. The standard InChI is InChI=1S/C16H18BrNS/c1-2-10-18-12-13-6-8-15(9-7-13)19-16-5-3-4-14(17)11-16/h3-9,11,18H,2,10,12H2,1H3. The van der Waals surface area contributed by atoms with Crippen LogP contribution in [0.2, 0.25) is 0 Å². The lowest BCUT2D eigenvalue weighted by Gasteiger charge is -2.05. The molecular weight excluding hydrogens is 318 g/mol. The van der Waals surface area contributed by atoms with Gasteiger partial charge in [0.05, 0.1) is 0 Å². The van der Waals surface area contributed by atoms with Gasteiger partial charge in [-0.2, -0.15) is 0 Å². The van der Waals surface area contributed by atoms with Crippen molar-refractivity contribution in [2.45, 2.75) is 29.7 Å². The fourth-order valence-corrected chi connectivity index (χ4v) is 3.18. The second kappa shape index (κ2) is 7.73. The molecule has 0 heterocycles. The summed E-state index contributed by atoms with van der Waals surface area (Å²) < 4.78 is 1.12. The van der Waals surface area contributed by atoms with Crippen molar-refractivity contribution >= 4 is 27.7 Å². The largest absolute Gasteiger partial charge is 0.313 e. The van der Waals surface area contributed by atoms with Crippen molar-refractivity contribution in [2.24, 2.45) is 0 Å². The highest BCUT2D eigenvalue weighted by Crippen LogP contribution is 2.29. The summed E-state index contributed by atoms with van der Waals surface area (Å²) in [4.78, 5) is 2.53. The van der Waals surface area contributed by atoms with Gasteiger partial charge in [-0.1, -0.05) is 52.8 Å². The van der Waals surface area contributed by atoms with Crippen LogP contribution in [0.5, 0.6) is 0 Å². The Kier molecular flexibility index (Phi) is 5.95. The van der Waals surface area contributed by atoms with Gasteiger partial charge in [0.15, 0.2) is 0 Å². The summed E-state index contributed by atoms with van der Waals surface area (Å²) >= 11 is 5.29. The van der Waals surface area contributed by atoms with Crippen molar-refractivity contribution in [2.75, 3.05) is 6.54 Å². The monoisotopic (exact) mass is 335 g/mol. The van der Waals surface area contributed by atoms with Gasteiger partial charge in [0.2, 0.25) is 0 Å². The molecule has 0 spiro atoms. The minimum atomic E-state index is 0.954. The van der Waals surface area contributed by atoms with Crippen LogP contribution in [-0.2, 0) is 6.54 Å². The first kappa shape index (κ1) is 14.6. The van der Waals surface area contributed by atoms with Gasteiger partial charge in [0, 0.05) is 20.8 Å². The van der Waals surface area contributed by atoms with Crippen LogP contribution >= 0.6 is 27.7 Å². The Morgan fingerprint density at radius 3 is 2.53 bits per heavy atom. The predicted octanol–water partition coefficient (Wildman–Crippen LogP) is 5.10. The van der Waals surface area contributed by atoms with Crippen LogP contribution < -0.4 is 5.32 Å². The second-order valence-electron chi connectivity index (χ2n) is 4.38. The van der Waals surface area contributed by atoms with Gasteiger partial charge in [0.1, 0.15) is 0 Å². The van der Waals surface area contributed by atoms with E-state index < -0.39 is 0 Å². The molecule has 0 fully saturated rings. The first-order valence-corrected chi connectivity index (χ1v) is 8.12. The van der Waals surface area contributed by atoms with Gasteiger partial charge in [-0.15, -0.1) is 0 Å². The van der Waals surface area contributed by atoms with Crippen LogP contribution in [0.15, 0.2) is 62.8 Å². The van der Waals surface area contributed by atoms with E-state index in [0.717, 1.165) is 17.6 Å². The average Bonchev–Trinajstić information content (AvgIpc) is 2.41. The molecule has 3 heteroatoms. The number of nitrogens with one attached hydrogen (secondary N) is 1. The number of benzene rings is 2. The minimum Gasteiger partial charge on any atom is -0.313 e. The Morgan fingerprint density at radius 1 is 1.05 bits per heavy atom. The van der Waals surface area contributed by atoms with Crippen molar-refractivity contribution in [3.63, 3.8) is 0 Å². The normalized spacial score (nSPS) is 10.6. The highest BCUT2D eigenvalue weighted by Gasteiger charge is 1.99. The molecule has 1 N–H and O–H groups in total. The minimum absolute atomic E-state index is 0.954. The van der Waals surface area contributed by atoms with E-state index in [9.17, 15) is 0 Å². The molecule has 0 aromatic heterocycles. The Balaban J connectivity index is 1.95. The summed E-state index contributed by atoms with van der Waals surface area (Å²) in [7, 11) is 0. The van der Waals surface area contributed by atoms with Gasteiger partial charge in [-0.25, -0.2) is 0 Å². The Hall–Kier alpha value is -0.770. The molecule has 2 aromatic carbocycles. The zero-order valence-electron chi connectivity index (χ0n) is 11.0. The average molecular weight is 336 g/mol. The lowest BCUT2D eigenvalue weighted by molar-refractivity contribution is 0.675. The van der Waals surface area contributed by atoms with Gasteiger partial charge in [0.25, 0.3) is 0 Å². The number of rotatable bonds is 6. The molecule has 0 atom stereocenters. The third kappa shape index (κ3) is 5.01. The van der Waals surface area contributed by atoms with Crippen molar-refractivity contribution in [3.8, 4) is 0 Å². The third-order valence-electron chi connectivity index (χ3n) is 2.71. The van der Waals surface area contributed by atoms with Crippen LogP contribution in [0.1, 0.15) is 18.9 Å². The maximum atomic E-state index is 3.50. The SMILES string of the molecule is CCCNCc1ccc(Sc2cccc(Br)c2)cc1. The fraction of sp³-hybridized carbons (Fsp3) is 0.250. The van der Waals surface area contributed by atoms with Crippen molar-refractivity contribution in [1.29, 1.82) is 0 Å². The van der Waals surface area contributed by atoms with Crippen molar-refractivity contribution < 1.29 is 0 Å². The first-order chi connectivity index (χ1) is 9.28. The molecule has 0 saturated heterocycles. The molecule has 0 aliphatic heterocycles. The highest BCUT2D eigenvalue weighted by atomic mass is 79.9. The van der Waals surface area contributed by atoms with E-state index in [1.807, 2.05) is 6.07 Å². The van der Waals surface area contributed by atoms with Gasteiger partial charge < -0.3 is 5.32 Å². The van der Waals surface area contributed by atoms with E-state index in [-0.39, 0.29) is 0 Å². The van der Waals surface area contributed by atoms with E-state index in [4.69, 9.17) is 0 Å². The van der Waals surface area contributed by atoms with Crippen molar-refractivity contribution in [1.82, 2.24) is 5.32 Å². The van der Waals surface area contributed by atoms with Gasteiger partial charge >= 0.3 is 0 Å². The van der Waals surface area contributed by atoms with E-state index in [2.05, 4.69) is 70.6 Å². The van der Waals surface area contributed by atoms with Crippen molar-refractivity contribution in [3.05, 3.63) is 58.6 Å². The lowest BCUT2D eigenvalue weighted by atomic mass is 10.2. The smallest absolute Gasteiger partial charge is 0.0205 e.